The van der Waals surface area contributed by atoms with Gasteiger partial charge >= 0.3 is 0 Å². The topological polar surface area (TPSA) is 103 Å². The molecule has 0 bridgehead atoms. The lowest BCUT2D eigenvalue weighted by Gasteiger charge is -2.08. The maximum atomic E-state index is 12.0. The predicted molar refractivity (Wildman–Crippen MR) is 96.6 cm³/mol. The molecule has 126 valence electrons. The summed E-state index contributed by atoms with van der Waals surface area (Å²) in [6, 6.07) is 16.6. The first-order chi connectivity index (χ1) is 12.2. The van der Waals surface area contributed by atoms with Crippen LogP contribution in [0.2, 0.25) is 0 Å². The van der Waals surface area contributed by atoms with E-state index in [1.165, 1.54) is 18.1 Å². The molecule has 1 heterocycles. The van der Waals surface area contributed by atoms with Crippen LogP contribution in [0.1, 0.15) is 0 Å². The average molecular weight is 353 g/mol. The third kappa shape index (κ3) is 5.18. The van der Waals surface area contributed by atoms with Gasteiger partial charge in [0.2, 0.25) is 11.9 Å². The van der Waals surface area contributed by atoms with Gasteiger partial charge in [-0.1, -0.05) is 30.0 Å². The van der Waals surface area contributed by atoms with E-state index in [1.807, 2.05) is 30.3 Å². The van der Waals surface area contributed by atoms with Crippen LogP contribution in [-0.2, 0) is 4.79 Å². The number of hydrogen-bond acceptors (Lipinski definition) is 7. The van der Waals surface area contributed by atoms with E-state index in [2.05, 4.69) is 20.3 Å². The maximum Gasteiger partial charge on any atom is 0.234 e. The summed E-state index contributed by atoms with van der Waals surface area (Å²) in [5.41, 5.74) is 6.15. The molecule has 2 aromatic carbocycles. The molecule has 3 N–H and O–H groups in total. The van der Waals surface area contributed by atoms with Crippen LogP contribution >= 0.6 is 11.8 Å². The lowest BCUT2D eigenvalue weighted by molar-refractivity contribution is -0.113. The van der Waals surface area contributed by atoms with E-state index in [0.717, 1.165) is 5.75 Å². The number of nitrogens with two attached hydrogens (primary N) is 1. The molecule has 0 spiro atoms. The number of nitrogens with one attached hydrogen (secondary N) is 1. The number of nitrogens with zero attached hydrogens (tertiary/aromatic N) is 3. The average Bonchev–Trinajstić information content (AvgIpc) is 2.63. The number of nitrogen functional groups attached to an aromatic ring is 1. The van der Waals surface area contributed by atoms with Gasteiger partial charge in [0.25, 0.3) is 0 Å². The van der Waals surface area contributed by atoms with Crippen molar-refractivity contribution in [1.29, 1.82) is 0 Å². The van der Waals surface area contributed by atoms with E-state index in [1.54, 1.807) is 24.3 Å². The van der Waals surface area contributed by atoms with Crippen LogP contribution in [0.3, 0.4) is 0 Å². The molecule has 25 heavy (non-hydrogen) atoms. The van der Waals surface area contributed by atoms with Gasteiger partial charge in [0.1, 0.15) is 17.8 Å². The molecule has 0 saturated heterocycles. The SMILES string of the molecule is Nc1ncnc(SCC(=O)Nc2ccc(Oc3ccccc3)cc2)n1. The van der Waals surface area contributed by atoms with Crippen LogP contribution in [0.4, 0.5) is 11.6 Å². The van der Waals surface area contributed by atoms with Crippen molar-refractivity contribution in [1.82, 2.24) is 15.0 Å². The van der Waals surface area contributed by atoms with Gasteiger partial charge in [-0.25, -0.2) is 9.97 Å². The van der Waals surface area contributed by atoms with E-state index in [-0.39, 0.29) is 17.6 Å². The maximum absolute atomic E-state index is 12.0. The second-order valence-corrected chi connectivity index (χ2v) is 5.85. The van der Waals surface area contributed by atoms with E-state index in [0.29, 0.717) is 16.6 Å². The zero-order chi connectivity index (χ0) is 17.5. The second kappa shape index (κ2) is 8.11. The standard InChI is InChI=1S/C17H15N5O2S/c18-16-19-11-20-17(22-16)25-10-15(23)21-12-6-8-14(9-7-12)24-13-4-2-1-3-5-13/h1-9,11H,10H2,(H,21,23)(H2,18,19,20,22). The Kier molecular flexibility index (Phi) is 5.43. The summed E-state index contributed by atoms with van der Waals surface area (Å²) in [6.07, 6.45) is 1.31. The van der Waals surface area contributed by atoms with Crippen LogP contribution in [0.15, 0.2) is 66.1 Å². The summed E-state index contributed by atoms with van der Waals surface area (Å²) in [6.45, 7) is 0. The highest BCUT2D eigenvalue weighted by atomic mass is 32.2. The molecule has 0 aliphatic heterocycles. The van der Waals surface area contributed by atoms with Crippen LogP contribution in [0, 0.1) is 0 Å². The van der Waals surface area contributed by atoms with Crippen molar-refractivity contribution in [3.05, 3.63) is 60.9 Å². The number of anilines is 2. The lowest BCUT2D eigenvalue weighted by Crippen LogP contribution is -2.14. The molecule has 8 heteroatoms. The molecule has 0 aliphatic rings. The molecule has 1 aromatic heterocycles. The largest absolute Gasteiger partial charge is 0.457 e. The van der Waals surface area contributed by atoms with Crippen molar-refractivity contribution in [2.24, 2.45) is 0 Å². The Morgan fingerprint density at radius 2 is 1.76 bits per heavy atom. The summed E-state index contributed by atoms with van der Waals surface area (Å²) < 4.78 is 5.70. The van der Waals surface area contributed by atoms with Crippen LogP contribution in [0.25, 0.3) is 0 Å². The van der Waals surface area contributed by atoms with Gasteiger partial charge in [0.15, 0.2) is 5.16 Å². The first kappa shape index (κ1) is 16.7. The summed E-state index contributed by atoms with van der Waals surface area (Å²) >= 11 is 1.19. The first-order valence-corrected chi connectivity index (χ1v) is 8.38. The van der Waals surface area contributed by atoms with Gasteiger partial charge < -0.3 is 15.8 Å². The minimum absolute atomic E-state index is 0.131. The summed E-state index contributed by atoms with van der Waals surface area (Å²) in [4.78, 5) is 23.5. The molecule has 1 amide bonds. The fourth-order valence-corrected chi connectivity index (χ4v) is 2.53. The summed E-state index contributed by atoms with van der Waals surface area (Å²) in [5, 5.41) is 3.21. The molecule has 3 aromatic rings. The molecular formula is C17H15N5O2S. The minimum Gasteiger partial charge on any atom is -0.457 e. The van der Waals surface area contributed by atoms with Gasteiger partial charge in [0, 0.05) is 5.69 Å². The summed E-state index contributed by atoms with van der Waals surface area (Å²) in [7, 11) is 0. The van der Waals surface area contributed by atoms with Gasteiger partial charge in [-0.05, 0) is 36.4 Å². The molecule has 0 radical (unpaired) electrons. The molecule has 0 unspecified atom stereocenters. The zero-order valence-electron chi connectivity index (χ0n) is 13.1. The number of hydrogen-bond donors (Lipinski definition) is 2. The number of amides is 1. The van der Waals surface area contributed by atoms with Crippen LogP contribution in [0.5, 0.6) is 11.5 Å². The molecule has 0 aliphatic carbocycles. The number of ether oxygens (including phenoxy) is 1. The Balaban J connectivity index is 1.51. The highest BCUT2D eigenvalue weighted by molar-refractivity contribution is 7.99. The van der Waals surface area contributed by atoms with Crippen molar-refractivity contribution >= 4 is 29.3 Å². The van der Waals surface area contributed by atoms with Gasteiger partial charge in [-0.15, -0.1) is 0 Å². The Morgan fingerprint density at radius 1 is 1.04 bits per heavy atom. The monoisotopic (exact) mass is 353 g/mol. The highest BCUT2D eigenvalue weighted by Gasteiger charge is 2.06. The number of carbonyl (C=O) groups excluding carboxylic acids is 1. The third-order valence-electron chi connectivity index (χ3n) is 3.02. The Hall–Kier alpha value is -3.13. The molecule has 7 nitrogen and oxygen atoms in total. The number of para-hydroxylation sites is 1. The normalized spacial score (nSPS) is 10.2. The Morgan fingerprint density at radius 3 is 2.48 bits per heavy atom. The van der Waals surface area contributed by atoms with E-state index >= 15 is 0 Å². The van der Waals surface area contributed by atoms with Crippen molar-refractivity contribution in [2.75, 3.05) is 16.8 Å². The van der Waals surface area contributed by atoms with Crippen LogP contribution < -0.4 is 15.8 Å². The fraction of sp³-hybridized carbons (Fsp3) is 0.0588. The second-order valence-electron chi connectivity index (χ2n) is 4.90. The third-order valence-corrected chi connectivity index (χ3v) is 3.88. The number of rotatable bonds is 6. The predicted octanol–water partition coefficient (Wildman–Crippen LogP) is 2.98. The molecule has 0 atom stereocenters. The zero-order valence-corrected chi connectivity index (χ0v) is 13.9. The molecular weight excluding hydrogens is 338 g/mol. The van der Waals surface area contributed by atoms with Crippen LogP contribution in [-0.4, -0.2) is 26.6 Å². The van der Waals surface area contributed by atoms with Crippen molar-refractivity contribution in [3.8, 4) is 11.5 Å². The minimum atomic E-state index is -0.166. The van der Waals surface area contributed by atoms with Crippen molar-refractivity contribution in [2.45, 2.75) is 5.16 Å². The van der Waals surface area contributed by atoms with Gasteiger partial charge in [0.05, 0.1) is 5.75 Å². The first-order valence-electron chi connectivity index (χ1n) is 7.39. The highest BCUT2D eigenvalue weighted by Crippen LogP contribution is 2.22. The number of aromatic nitrogens is 3. The molecule has 3 rings (SSSR count). The Labute approximate surface area is 148 Å². The Bertz CT molecular complexity index is 843. The van der Waals surface area contributed by atoms with Gasteiger partial charge in [-0.3, -0.25) is 4.79 Å². The fourth-order valence-electron chi connectivity index (χ4n) is 1.92. The number of thioether (sulfide) groups is 1. The smallest absolute Gasteiger partial charge is 0.234 e. The molecule has 0 saturated carbocycles. The van der Waals surface area contributed by atoms with Gasteiger partial charge in [-0.2, -0.15) is 4.98 Å². The van der Waals surface area contributed by atoms with E-state index in [4.69, 9.17) is 10.5 Å². The molecule has 0 fully saturated rings. The lowest BCUT2D eigenvalue weighted by atomic mass is 10.3. The summed E-state index contributed by atoms with van der Waals surface area (Å²) in [5.74, 6) is 1.59. The van der Waals surface area contributed by atoms with Crippen molar-refractivity contribution < 1.29 is 9.53 Å². The van der Waals surface area contributed by atoms with E-state index in [9.17, 15) is 4.79 Å². The van der Waals surface area contributed by atoms with Crippen molar-refractivity contribution in [3.63, 3.8) is 0 Å². The number of benzene rings is 2. The number of carbonyl (C=O) groups is 1. The quantitative estimate of drug-likeness (QED) is 0.657. The van der Waals surface area contributed by atoms with E-state index < -0.39 is 0 Å².